The lowest BCUT2D eigenvalue weighted by Crippen LogP contribution is -2.15. The average molecular weight is 124 g/mol. The molecule has 0 unspecified atom stereocenters. The largest absolute Gasteiger partial charge is 0.347 e. The fourth-order valence-corrected chi connectivity index (χ4v) is 0.432. The SMILES string of the molecule is C=CC[C](C=C)NC=O. The van der Waals surface area contributed by atoms with E-state index in [1.807, 2.05) is 0 Å². The van der Waals surface area contributed by atoms with Gasteiger partial charge in [0.05, 0.1) is 6.04 Å². The highest BCUT2D eigenvalue weighted by atomic mass is 16.1. The maximum absolute atomic E-state index is 9.83. The Morgan fingerprint density at radius 2 is 2.22 bits per heavy atom. The van der Waals surface area contributed by atoms with Crippen LogP contribution in [0.4, 0.5) is 0 Å². The quantitative estimate of drug-likeness (QED) is 0.430. The predicted octanol–water partition coefficient (Wildman–Crippen LogP) is 1.03. The fourth-order valence-electron chi connectivity index (χ4n) is 0.432. The van der Waals surface area contributed by atoms with Gasteiger partial charge in [0.15, 0.2) is 0 Å². The van der Waals surface area contributed by atoms with Crippen LogP contribution < -0.4 is 5.32 Å². The van der Waals surface area contributed by atoms with Gasteiger partial charge in [0.2, 0.25) is 6.41 Å². The van der Waals surface area contributed by atoms with Crippen molar-refractivity contribution < 1.29 is 4.79 Å². The molecule has 2 heteroatoms. The molecule has 0 saturated carbocycles. The Bertz CT molecular complexity index is 99.5. The Kier molecular flexibility index (Phi) is 4.50. The second kappa shape index (κ2) is 5.09. The van der Waals surface area contributed by atoms with Crippen molar-refractivity contribution in [2.24, 2.45) is 0 Å². The normalized spacial score (nSPS) is 8.56. The van der Waals surface area contributed by atoms with Crippen molar-refractivity contribution in [2.45, 2.75) is 6.42 Å². The zero-order chi connectivity index (χ0) is 7.11. The van der Waals surface area contributed by atoms with Crippen LogP contribution in [0.5, 0.6) is 0 Å². The van der Waals surface area contributed by atoms with Gasteiger partial charge < -0.3 is 5.32 Å². The molecule has 0 heterocycles. The summed E-state index contributed by atoms with van der Waals surface area (Å²) < 4.78 is 0. The summed E-state index contributed by atoms with van der Waals surface area (Å²) in [6, 6.07) is 0.778. The third-order valence-electron chi connectivity index (χ3n) is 0.855. The molecule has 0 aliphatic carbocycles. The molecule has 0 aromatic heterocycles. The first-order valence-corrected chi connectivity index (χ1v) is 2.64. The van der Waals surface area contributed by atoms with Crippen molar-refractivity contribution in [3.63, 3.8) is 0 Å². The summed E-state index contributed by atoms with van der Waals surface area (Å²) in [7, 11) is 0. The topological polar surface area (TPSA) is 29.1 Å². The maximum Gasteiger partial charge on any atom is 0.207 e. The second-order valence-corrected chi connectivity index (χ2v) is 1.48. The van der Waals surface area contributed by atoms with E-state index in [1.165, 1.54) is 0 Å². The van der Waals surface area contributed by atoms with E-state index in [-0.39, 0.29) is 0 Å². The Hall–Kier alpha value is -1.05. The van der Waals surface area contributed by atoms with E-state index in [2.05, 4.69) is 18.5 Å². The zero-order valence-electron chi connectivity index (χ0n) is 5.26. The number of hydrogen-bond donors (Lipinski definition) is 1. The molecule has 0 atom stereocenters. The Morgan fingerprint density at radius 1 is 1.56 bits per heavy atom. The van der Waals surface area contributed by atoms with Crippen molar-refractivity contribution in [2.75, 3.05) is 0 Å². The van der Waals surface area contributed by atoms with Crippen LogP contribution in [-0.2, 0) is 4.79 Å². The van der Waals surface area contributed by atoms with E-state index < -0.39 is 0 Å². The number of carbonyl (C=O) groups excluding carboxylic acids is 1. The van der Waals surface area contributed by atoms with Crippen LogP contribution in [0.3, 0.4) is 0 Å². The summed E-state index contributed by atoms with van der Waals surface area (Å²) in [5, 5.41) is 2.48. The number of hydrogen-bond acceptors (Lipinski definition) is 1. The van der Waals surface area contributed by atoms with Gasteiger partial charge in [-0.1, -0.05) is 12.2 Å². The summed E-state index contributed by atoms with van der Waals surface area (Å²) >= 11 is 0. The highest BCUT2D eigenvalue weighted by Crippen LogP contribution is 2.00. The zero-order valence-corrected chi connectivity index (χ0v) is 5.26. The van der Waals surface area contributed by atoms with E-state index in [0.717, 1.165) is 6.04 Å². The van der Waals surface area contributed by atoms with Gasteiger partial charge in [-0.2, -0.15) is 0 Å². The number of rotatable bonds is 5. The lowest BCUT2D eigenvalue weighted by Gasteiger charge is -2.04. The standard InChI is InChI=1S/C7H10NO/c1-3-5-7(4-2)8-6-9/h3-4,6H,1-2,5H2,(H,8,9). The average Bonchev–Trinajstić information content (AvgIpc) is 1.88. The Morgan fingerprint density at radius 3 is 2.56 bits per heavy atom. The predicted molar refractivity (Wildman–Crippen MR) is 37.5 cm³/mol. The van der Waals surface area contributed by atoms with Crippen molar-refractivity contribution in [3.8, 4) is 0 Å². The van der Waals surface area contributed by atoms with Crippen LogP contribution in [0.15, 0.2) is 25.3 Å². The van der Waals surface area contributed by atoms with Crippen molar-refractivity contribution in [1.29, 1.82) is 0 Å². The summed E-state index contributed by atoms with van der Waals surface area (Å²) in [6.45, 7) is 7.00. The Labute approximate surface area is 55.3 Å². The molecule has 0 aliphatic heterocycles. The summed E-state index contributed by atoms with van der Waals surface area (Å²) in [6.07, 6.45) is 4.58. The van der Waals surface area contributed by atoms with E-state index in [0.29, 0.717) is 12.8 Å². The third kappa shape index (κ3) is 3.53. The van der Waals surface area contributed by atoms with E-state index in [1.54, 1.807) is 12.2 Å². The fraction of sp³-hybridized carbons (Fsp3) is 0.143. The first kappa shape index (κ1) is 7.95. The van der Waals surface area contributed by atoms with Gasteiger partial charge >= 0.3 is 0 Å². The van der Waals surface area contributed by atoms with Crippen LogP contribution in [0.1, 0.15) is 6.42 Å². The lowest BCUT2D eigenvalue weighted by atomic mass is 10.2. The molecular weight excluding hydrogens is 114 g/mol. The second-order valence-electron chi connectivity index (χ2n) is 1.48. The summed E-state index contributed by atoms with van der Waals surface area (Å²) in [5.74, 6) is 0. The molecule has 0 rings (SSSR count). The Balaban J connectivity index is 3.51. The minimum Gasteiger partial charge on any atom is -0.347 e. The van der Waals surface area contributed by atoms with Crippen LogP contribution in [0, 0.1) is 6.04 Å². The van der Waals surface area contributed by atoms with Gasteiger partial charge in [-0.25, -0.2) is 0 Å². The smallest absolute Gasteiger partial charge is 0.207 e. The summed E-state index contributed by atoms with van der Waals surface area (Å²) in [5.41, 5.74) is 0. The van der Waals surface area contributed by atoms with Gasteiger partial charge in [0, 0.05) is 0 Å². The van der Waals surface area contributed by atoms with Gasteiger partial charge in [-0.3, -0.25) is 4.79 Å². The molecule has 0 spiro atoms. The minimum atomic E-state index is 0.626. The highest BCUT2D eigenvalue weighted by molar-refractivity contribution is 5.50. The van der Waals surface area contributed by atoms with Crippen molar-refractivity contribution >= 4 is 6.41 Å². The molecule has 2 nitrogen and oxygen atoms in total. The van der Waals surface area contributed by atoms with Crippen LogP contribution in [0.25, 0.3) is 0 Å². The molecular formula is C7H10NO. The number of carbonyl (C=O) groups is 1. The molecule has 0 saturated heterocycles. The molecule has 1 radical (unpaired) electrons. The van der Waals surface area contributed by atoms with E-state index in [9.17, 15) is 4.79 Å². The molecule has 9 heavy (non-hydrogen) atoms. The highest BCUT2D eigenvalue weighted by Gasteiger charge is 1.96. The molecule has 0 aromatic rings. The first-order chi connectivity index (χ1) is 4.35. The molecule has 0 fully saturated rings. The molecule has 49 valence electrons. The molecule has 1 amide bonds. The van der Waals surface area contributed by atoms with Gasteiger partial charge in [0.1, 0.15) is 0 Å². The molecule has 0 aromatic carbocycles. The van der Waals surface area contributed by atoms with Gasteiger partial charge in [-0.15, -0.1) is 13.2 Å². The number of amides is 1. The van der Waals surface area contributed by atoms with E-state index >= 15 is 0 Å². The van der Waals surface area contributed by atoms with Gasteiger partial charge in [-0.05, 0) is 6.42 Å². The van der Waals surface area contributed by atoms with Crippen LogP contribution in [-0.4, -0.2) is 6.41 Å². The molecule has 1 N–H and O–H groups in total. The number of nitrogens with one attached hydrogen (secondary N) is 1. The molecule has 0 bridgehead atoms. The maximum atomic E-state index is 9.83. The third-order valence-corrected chi connectivity index (χ3v) is 0.855. The lowest BCUT2D eigenvalue weighted by molar-refractivity contribution is -0.109. The van der Waals surface area contributed by atoms with Crippen LogP contribution in [0.2, 0.25) is 0 Å². The first-order valence-electron chi connectivity index (χ1n) is 2.64. The monoisotopic (exact) mass is 124 g/mol. The van der Waals surface area contributed by atoms with Gasteiger partial charge in [0.25, 0.3) is 0 Å². The van der Waals surface area contributed by atoms with Crippen LogP contribution >= 0.6 is 0 Å². The van der Waals surface area contributed by atoms with Crippen molar-refractivity contribution in [3.05, 3.63) is 31.4 Å². The molecule has 0 aliphatic rings. The minimum absolute atomic E-state index is 0.626. The van der Waals surface area contributed by atoms with Crippen molar-refractivity contribution in [1.82, 2.24) is 5.32 Å². The van der Waals surface area contributed by atoms with E-state index in [4.69, 9.17) is 0 Å². The summed E-state index contributed by atoms with van der Waals surface area (Å²) in [4.78, 5) is 9.83.